The van der Waals surface area contributed by atoms with Crippen molar-refractivity contribution in [1.82, 2.24) is 9.80 Å². The normalized spacial score (nSPS) is 18.7. The molecule has 1 fully saturated rings. The number of rotatable bonds is 5. The second-order valence-corrected chi connectivity index (χ2v) is 5.97. The van der Waals surface area contributed by atoms with Gasteiger partial charge in [-0.3, -0.25) is 9.69 Å². The van der Waals surface area contributed by atoms with Gasteiger partial charge in [-0.15, -0.1) is 0 Å². The van der Waals surface area contributed by atoms with Crippen molar-refractivity contribution in [3.05, 3.63) is 29.8 Å². The van der Waals surface area contributed by atoms with Crippen molar-refractivity contribution in [2.24, 2.45) is 0 Å². The maximum atomic E-state index is 12.6. The SMILES string of the molecule is COc1ccc(C(=O)C(C)N(C)C2CCN(C)CC2)cc1. The fourth-order valence-electron chi connectivity index (χ4n) is 2.90. The Bertz CT molecular complexity index is 464. The molecule has 1 atom stereocenters. The molecule has 0 radical (unpaired) electrons. The number of benzene rings is 1. The van der Waals surface area contributed by atoms with Crippen LogP contribution in [0.4, 0.5) is 0 Å². The molecule has 0 amide bonds. The molecule has 0 saturated carbocycles. The molecule has 0 N–H and O–H groups in total. The first kappa shape index (κ1) is 16.0. The fourth-order valence-corrected chi connectivity index (χ4v) is 2.90. The zero-order valence-electron chi connectivity index (χ0n) is 13.5. The van der Waals surface area contributed by atoms with Crippen LogP contribution < -0.4 is 4.74 Å². The highest BCUT2D eigenvalue weighted by atomic mass is 16.5. The van der Waals surface area contributed by atoms with Crippen LogP contribution in [0.1, 0.15) is 30.1 Å². The van der Waals surface area contributed by atoms with Crippen LogP contribution in [0.5, 0.6) is 5.75 Å². The minimum Gasteiger partial charge on any atom is -0.497 e. The number of carbonyl (C=O) groups is 1. The van der Waals surface area contributed by atoms with Gasteiger partial charge in [0, 0.05) is 11.6 Å². The number of hydrogen-bond donors (Lipinski definition) is 0. The Morgan fingerprint density at radius 2 is 1.86 bits per heavy atom. The molecule has 2 rings (SSSR count). The summed E-state index contributed by atoms with van der Waals surface area (Å²) in [6, 6.07) is 7.79. The number of methoxy groups -OCH3 is 1. The molecule has 1 aliphatic rings. The van der Waals surface area contributed by atoms with E-state index in [9.17, 15) is 4.79 Å². The van der Waals surface area contributed by atoms with Gasteiger partial charge in [0.2, 0.25) is 0 Å². The van der Waals surface area contributed by atoms with Gasteiger partial charge >= 0.3 is 0 Å². The van der Waals surface area contributed by atoms with Crippen molar-refractivity contribution >= 4 is 5.78 Å². The highest BCUT2D eigenvalue weighted by Gasteiger charge is 2.27. The molecule has 0 spiro atoms. The van der Waals surface area contributed by atoms with E-state index in [0.717, 1.165) is 37.2 Å². The average Bonchev–Trinajstić information content (AvgIpc) is 2.53. The molecule has 1 unspecified atom stereocenters. The van der Waals surface area contributed by atoms with Crippen LogP contribution in [-0.4, -0.2) is 62.0 Å². The van der Waals surface area contributed by atoms with E-state index in [-0.39, 0.29) is 11.8 Å². The maximum Gasteiger partial charge on any atom is 0.179 e. The van der Waals surface area contributed by atoms with E-state index in [1.807, 2.05) is 31.2 Å². The fraction of sp³-hybridized carbons (Fsp3) is 0.588. The summed E-state index contributed by atoms with van der Waals surface area (Å²) in [5, 5.41) is 0. The minimum absolute atomic E-state index is 0.0909. The monoisotopic (exact) mass is 290 g/mol. The van der Waals surface area contributed by atoms with Gasteiger partial charge in [-0.2, -0.15) is 0 Å². The standard InChI is InChI=1S/C17H26N2O2/c1-13(19(3)15-9-11-18(2)12-10-15)17(20)14-5-7-16(21-4)8-6-14/h5-8,13,15H,9-12H2,1-4H3. The molecule has 1 aliphatic heterocycles. The van der Waals surface area contributed by atoms with Crippen molar-refractivity contribution in [3.63, 3.8) is 0 Å². The number of likely N-dealkylation sites (tertiary alicyclic amines) is 1. The van der Waals surface area contributed by atoms with Crippen molar-refractivity contribution in [2.45, 2.75) is 31.8 Å². The molecule has 21 heavy (non-hydrogen) atoms. The summed E-state index contributed by atoms with van der Waals surface area (Å²) in [4.78, 5) is 17.2. The van der Waals surface area contributed by atoms with Crippen molar-refractivity contribution in [3.8, 4) is 5.75 Å². The van der Waals surface area contributed by atoms with E-state index in [2.05, 4.69) is 23.9 Å². The van der Waals surface area contributed by atoms with E-state index >= 15 is 0 Å². The Kier molecular flexibility index (Phi) is 5.37. The van der Waals surface area contributed by atoms with Crippen LogP contribution in [0, 0.1) is 0 Å². The van der Waals surface area contributed by atoms with Crippen LogP contribution in [0.15, 0.2) is 24.3 Å². The van der Waals surface area contributed by atoms with Crippen LogP contribution in [0.25, 0.3) is 0 Å². The molecule has 4 heteroatoms. The summed E-state index contributed by atoms with van der Waals surface area (Å²) in [5.74, 6) is 0.960. The number of ether oxygens (including phenoxy) is 1. The number of ketones is 1. The van der Waals surface area contributed by atoms with Gasteiger partial charge in [0.05, 0.1) is 13.2 Å². The third-order valence-electron chi connectivity index (χ3n) is 4.63. The maximum absolute atomic E-state index is 12.6. The van der Waals surface area contributed by atoms with Crippen LogP contribution in [-0.2, 0) is 0 Å². The van der Waals surface area contributed by atoms with E-state index in [1.54, 1.807) is 7.11 Å². The Balaban J connectivity index is 2.00. The van der Waals surface area contributed by atoms with E-state index in [0.29, 0.717) is 6.04 Å². The molecule has 1 saturated heterocycles. The Hall–Kier alpha value is -1.39. The Morgan fingerprint density at radius 3 is 2.38 bits per heavy atom. The molecule has 1 aromatic rings. The lowest BCUT2D eigenvalue weighted by Crippen LogP contribution is -2.47. The van der Waals surface area contributed by atoms with Gasteiger partial charge in [0.25, 0.3) is 0 Å². The first-order valence-corrected chi connectivity index (χ1v) is 7.61. The molecule has 116 valence electrons. The number of piperidine rings is 1. The summed E-state index contributed by atoms with van der Waals surface area (Å²) in [7, 11) is 5.86. The number of nitrogens with zero attached hydrogens (tertiary/aromatic N) is 2. The first-order chi connectivity index (χ1) is 10.0. The minimum atomic E-state index is -0.0909. The predicted molar refractivity (Wildman–Crippen MR) is 85.1 cm³/mol. The second kappa shape index (κ2) is 7.05. The largest absolute Gasteiger partial charge is 0.497 e. The van der Waals surface area contributed by atoms with Crippen LogP contribution >= 0.6 is 0 Å². The van der Waals surface area contributed by atoms with Crippen molar-refractivity contribution < 1.29 is 9.53 Å². The van der Waals surface area contributed by atoms with E-state index in [1.165, 1.54) is 0 Å². The van der Waals surface area contributed by atoms with Gasteiger partial charge < -0.3 is 9.64 Å². The van der Waals surface area contributed by atoms with Crippen LogP contribution in [0.2, 0.25) is 0 Å². The number of carbonyl (C=O) groups excluding carboxylic acids is 1. The number of hydrogen-bond acceptors (Lipinski definition) is 4. The summed E-state index contributed by atoms with van der Waals surface area (Å²) < 4.78 is 5.14. The van der Waals surface area contributed by atoms with E-state index < -0.39 is 0 Å². The zero-order valence-corrected chi connectivity index (χ0v) is 13.5. The first-order valence-electron chi connectivity index (χ1n) is 7.61. The number of likely N-dealkylation sites (N-methyl/N-ethyl adjacent to an activating group) is 1. The highest BCUT2D eigenvalue weighted by Crippen LogP contribution is 2.19. The summed E-state index contributed by atoms with van der Waals surface area (Å²) in [6.07, 6.45) is 2.26. The molecule has 4 nitrogen and oxygen atoms in total. The highest BCUT2D eigenvalue weighted by molar-refractivity contribution is 5.99. The average molecular weight is 290 g/mol. The molecular weight excluding hydrogens is 264 g/mol. The molecule has 0 aromatic heterocycles. The lowest BCUT2D eigenvalue weighted by Gasteiger charge is -2.37. The lowest BCUT2D eigenvalue weighted by atomic mass is 9.99. The molecule has 0 aliphatic carbocycles. The Labute approximate surface area is 127 Å². The van der Waals surface area contributed by atoms with E-state index in [4.69, 9.17) is 4.74 Å². The quantitative estimate of drug-likeness (QED) is 0.779. The van der Waals surface area contributed by atoms with Gasteiger partial charge in [-0.25, -0.2) is 0 Å². The smallest absolute Gasteiger partial charge is 0.179 e. The van der Waals surface area contributed by atoms with Crippen LogP contribution in [0.3, 0.4) is 0 Å². The third-order valence-corrected chi connectivity index (χ3v) is 4.63. The Morgan fingerprint density at radius 1 is 1.29 bits per heavy atom. The number of Topliss-reactive ketones (excluding diaryl/α,β-unsaturated/α-hetero) is 1. The third kappa shape index (κ3) is 3.83. The van der Waals surface area contributed by atoms with Gasteiger partial charge in [0.1, 0.15) is 5.75 Å². The van der Waals surface area contributed by atoms with Crippen molar-refractivity contribution in [1.29, 1.82) is 0 Å². The van der Waals surface area contributed by atoms with Crippen molar-refractivity contribution in [2.75, 3.05) is 34.3 Å². The topological polar surface area (TPSA) is 32.8 Å². The molecule has 0 bridgehead atoms. The summed E-state index contributed by atoms with van der Waals surface area (Å²) in [5.41, 5.74) is 0.753. The molecule has 1 heterocycles. The zero-order chi connectivity index (χ0) is 15.4. The molecule has 1 aromatic carbocycles. The van der Waals surface area contributed by atoms with Gasteiger partial charge in [-0.05, 0) is 71.2 Å². The summed E-state index contributed by atoms with van der Waals surface area (Å²) >= 11 is 0. The van der Waals surface area contributed by atoms with Gasteiger partial charge in [-0.1, -0.05) is 0 Å². The summed E-state index contributed by atoms with van der Waals surface area (Å²) in [6.45, 7) is 4.22. The second-order valence-electron chi connectivity index (χ2n) is 5.97. The van der Waals surface area contributed by atoms with Gasteiger partial charge in [0.15, 0.2) is 5.78 Å². The predicted octanol–water partition coefficient (Wildman–Crippen LogP) is 2.29. The molecular formula is C17H26N2O2. The lowest BCUT2D eigenvalue weighted by molar-refractivity contribution is 0.0731.